The lowest BCUT2D eigenvalue weighted by Gasteiger charge is -2.08. The van der Waals surface area contributed by atoms with E-state index in [0.29, 0.717) is 6.61 Å². The number of hydrogen-bond donors (Lipinski definition) is 2. The lowest BCUT2D eigenvalue weighted by Crippen LogP contribution is -2.08. The van der Waals surface area contributed by atoms with Crippen molar-refractivity contribution in [2.24, 2.45) is 0 Å². The van der Waals surface area contributed by atoms with E-state index in [1.807, 2.05) is 6.92 Å². The number of nitrogens with one attached hydrogen (secondary N) is 1. The second-order valence-electron chi connectivity index (χ2n) is 3.90. The summed E-state index contributed by atoms with van der Waals surface area (Å²) in [5.74, 6) is -0.298. The summed E-state index contributed by atoms with van der Waals surface area (Å²) < 4.78 is 19.7. The second-order valence-corrected chi connectivity index (χ2v) is 4.81. The molecule has 0 unspecified atom stereocenters. The van der Waals surface area contributed by atoms with Crippen LogP contribution in [-0.4, -0.2) is 21.6 Å². The molecule has 106 valence electrons. The normalized spacial score (nSPS) is 10.3. The first-order valence-corrected chi connectivity index (χ1v) is 6.74. The van der Waals surface area contributed by atoms with E-state index in [4.69, 9.17) is 10.5 Å². The van der Waals surface area contributed by atoms with E-state index in [1.54, 1.807) is 12.1 Å². The van der Waals surface area contributed by atoms with Crippen LogP contribution in [0.1, 0.15) is 13.3 Å². The predicted octanol–water partition coefficient (Wildman–Crippen LogP) is 2.89. The first-order chi connectivity index (χ1) is 9.58. The Balaban J connectivity index is 2.24. The van der Waals surface area contributed by atoms with E-state index < -0.39 is 5.82 Å². The van der Waals surface area contributed by atoms with Gasteiger partial charge < -0.3 is 15.8 Å². The maximum atomic E-state index is 13.6. The molecule has 0 saturated heterocycles. The van der Waals surface area contributed by atoms with Gasteiger partial charge in [0.2, 0.25) is 11.9 Å². The monoisotopic (exact) mass is 341 g/mol. The van der Waals surface area contributed by atoms with Crippen molar-refractivity contribution in [3.8, 4) is 6.01 Å². The van der Waals surface area contributed by atoms with Crippen LogP contribution in [0.5, 0.6) is 6.01 Å². The molecule has 1 heterocycles. The molecule has 2 aromatic rings. The van der Waals surface area contributed by atoms with E-state index in [1.165, 1.54) is 6.07 Å². The molecule has 1 aromatic heterocycles. The Morgan fingerprint density at radius 3 is 2.90 bits per heavy atom. The second kappa shape index (κ2) is 6.47. The van der Waals surface area contributed by atoms with Gasteiger partial charge in [0.15, 0.2) is 0 Å². The van der Waals surface area contributed by atoms with Crippen LogP contribution in [0.3, 0.4) is 0 Å². The maximum absolute atomic E-state index is 13.6. The molecule has 8 heteroatoms. The summed E-state index contributed by atoms with van der Waals surface area (Å²) in [5, 5.41) is 2.74. The van der Waals surface area contributed by atoms with Crippen LogP contribution in [0.4, 0.5) is 22.0 Å². The first kappa shape index (κ1) is 14.4. The van der Waals surface area contributed by atoms with Gasteiger partial charge in [-0.05, 0) is 24.6 Å². The summed E-state index contributed by atoms with van der Waals surface area (Å²) in [5.41, 5.74) is 5.80. The number of nitrogens with two attached hydrogens (primary N) is 1. The van der Waals surface area contributed by atoms with Crippen molar-refractivity contribution in [3.05, 3.63) is 28.5 Å². The predicted molar refractivity (Wildman–Crippen MR) is 77.4 cm³/mol. The molecule has 0 aliphatic rings. The average Bonchev–Trinajstić information content (AvgIpc) is 2.40. The van der Waals surface area contributed by atoms with Gasteiger partial charge in [-0.1, -0.05) is 22.9 Å². The summed E-state index contributed by atoms with van der Waals surface area (Å²) in [4.78, 5) is 11.8. The number of nitrogen functional groups attached to an aromatic ring is 1. The molecule has 0 amide bonds. The van der Waals surface area contributed by atoms with Crippen molar-refractivity contribution >= 4 is 33.5 Å². The van der Waals surface area contributed by atoms with Crippen LogP contribution in [0, 0.1) is 5.82 Å². The SMILES string of the molecule is CCCOc1nc(N)nc(Nc2cc(Br)ccc2F)n1. The molecule has 0 radical (unpaired) electrons. The van der Waals surface area contributed by atoms with Crippen LogP contribution in [-0.2, 0) is 0 Å². The van der Waals surface area contributed by atoms with E-state index in [9.17, 15) is 4.39 Å². The van der Waals surface area contributed by atoms with Crippen molar-refractivity contribution in [1.82, 2.24) is 15.0 Å². The van der Waals surface area contributed by atoms with Crippen LogP contribution in [0.2, 0.25) is 0 Å². The zero-order valence-corrected chi connectivity index (χ0v) is 12.3. The van der Waals surface area contributed by atoms with E-state index in [-0.39, 0.29) is 23.6 Å². The highest BCUT2D eigenvalue weighted by atomic mass is 79.9. The van der Waals surface area contributed by atoms with E-state index in [0.717, 1.165) is 10.9 Å². The van der Waals surface area contributed by atoms with Gasteiger partial charge in [0.05, 0.1) is 12.3 Å². The Bertz CT molecular complexity index is 610. The van der Waals surface area contributed by atoms with Crippen molar-refractivity contribution in [1.29, 1.82) is 0 Å². The molecular weight excluding hydrogens is 329 g/mol. The van der Waals surface area contributed by atoms with Gasteiger partial charge in [0.25, 0.3) is 0 Å². The van der Waals surface area contributed by atoms with Gasteiger partial charge in [-0.3, -0.25) is 0 Å². The number of halogens is 2. The van der Waals surface area contributed by atoms with Gasteiger partial charge in [0.1, 0.15) is 5.82 Å². The zero-order valence-electron chi connectivity index (χ0n) is 10.7. The molecule has 20 heavy (non-hydrogen) atoms. The molecule has 0 spiro atoms. The topological polar surface area (TPSA) is 86.0 Å². The third kappa shape index (κ3) is 3.77. The largest absolute Gasteiger partial charge is 0.463 e. The van der Waals surface area contributed by atoms with Gasteiger partial charge in [-0.15, -0.1) is 0 Å². The Labute approximate surface area is 123 Å². The Hall–Kier alpha value is -1.96. The summed E-state index contributed by atoms with van der Waals surface area (Å²) in [6.45, 7) is 2.43. The standard InChI is InChI=1S/C12H13BrFN5O/c1-2-5-20-12-18-10(15)17-11(19-12)16-9-6-7(13)3-4-8(9)14/h3-4,6H,2,5H2,1H3,(H3,15,16,17,18,19). The first-order valence-electron chi connectivity index (χ1n) is 5.95. The molecular formula is C12H13BrFN5O. The molecule has 0 bridgehead atoms. The third-order valence-corrected chi connectivity index (χ3v) is 2.74. The highest BCUT2D eigenvalue weighted by molar-refractivity contribution is 9.10. The van der Waals surface area contributed by atoms with Crippen LogP contribution < -0.4 is 15.8 Å². The fraction of sp³-hybridized carbons (Fsp3) is 0.250. The summed E-state index contributed by atoms with van der Waals surface area (Å²) >= 11 is 3.26. The van der Waals surface area contributed by atoms with E-state index >= 15 is 0 Å². The van der Waals surface area contributed by atoms with Gasteiger partial charge in [0, 0.05) is 4.47 Å². The minimum Gasteiger partial charge on any atom is -0.463 e. The minimum absolute atomic E-state index is 0.00371. The molecule has 0 fully saturated rings. The van der Waals surface area contributed by atoms with E-state index in [2.05, 4.69) is 36.2 Å². The van der Waals surface area contributed by atoms with Gasteiger partial charge in [-0.25, -0.2) is 4.39 Å². The highest BCUT2D eigenvalue weighted by Crippen LogP contribution is 2.23. The molecule has 0 aliphatic carbocycles. The number of hydrogen-bond acceptors (Lipinski definition) is 6. The maximum Gasteiger partial charge on any atom is 0.323 e. The molecule has 3 N–H and O–H groups in total. The number of benzene rings is 1. The van der Waals surface area contributed by atoms with Gasteiger partial charge >= 0.3 is 6.01 Å². The lowest BCUT2D eigenvalue weighted by molar-refractivity contribution is 0.292. The quantitative estimate of drug-likeness (QED) is 0.869. The Kier molecular flexibility index (Phi) is 4.67. The Morgan fingerprint density at radius 2 is 2.15 bits per heavy atom. The Morgan fingerprint density at radius 1 is 1.35 bits per heavy atom. The number of aromatic nitrogens is 3. The minimum atomic E-state index is -0.428. The summed E-state index contributed by atoms with van der Waals surface area (Å²) in [6.07, 6.45) is 0.814. The zero-order chi connectivity index (χ0) is 14.5. The lowest BCUT2D eigenvalue weighted by atomic mass is 10.3. The smallest absolute Gasteiger partial charge is 0.323 e. The molecule has 0 saturated carbocycles. The average molecular weight is 342 g/mol. The van der Waals surface area contributed by atoms with Crippen molar-refractivity contribution in [2.45, 2.75) is 13.3 Å². The summed E-state index contributed by atoms with van der Waals surface area (Å²) in [6, 6.07) is 4.60. The molecule has 2 rings (SSSR count). The number of anilines is 3. The van der Waals surface area contributed by atoms with Gasteiger partial charge in [-0.2, -0.15) is 15.0 Å². The van der Waals surface area contributed by atoms with Crippen molar-refractivity contribution < 1.29 is 9.13 Å². The molecule has 0 aliphatic heterocycles. The molecule has 1 aromatic carbocycles. The number of rotatable bonds is 5. The highest BCUT2D eigenvalue weighted by Gasteiger charge is 2.09. The van der Waals surface area contributed by atoms with Crippen LogP contribution >= 0.6 is 15.9 Å². The third-order valence-electron chi connectivity index (χ3n) is 2.24. The number of ether oxygens (including phenoxy) is 1. The number of nitrogens with zero attached hydrogens (tertiary/aromatic N) is 3. The fourth-order valence-corrected chi connectivity index (χ4v) is 1.76. The molecule has 0 atom stereocenters. The molecule has 6 nitrogen and oxygen atoms in total. The van der Waals surface area contributed by atoms with Crippen LogP contribution in [0.25, 0.3) is 0 Å². The summed E-state index contributed by atoms with van der Waals surface area (Å²) in [7, 11) is 0. The van der Waals surface area contributed by atoms with Crippen LogP contribution in [0.15, 0.2) is 22.7 Å². The fourth-order valence-electron chi connectivity index (χ4n) is 1.40. The van der Waals surface area contributed by atoms with Crippen molar-refractivity contribution in [3.63, 3.8) is 0 Å². The van der Waals surface area contributed by atoms with Crippen molar-refractivity contribution in [2.75, 3.05) is 17.7 Å².